The highest BCUT2D eigenvalue weighted by atomic mass is 16.5. The summed E-state index contributed by atoms with van der Waals surface area (Å²) in [5, 5.41) is 13.3. The van der Waals surface area contributed by atoms with E-state index in [1.165, 1.54) is 0 Å². The number of piperidine rings is 2. The van der Waals surface area contributed by atoms with Gasteiger partial charge in [0.25, 0.3) is 11.8 Å². The van der Waals surface area contributed by atoms with E-state index >= 15 is 0 Å². The summed E-state index contributed by atoms with van der Waals surface area (Å²) in [6, 6.07) is -1.21. The third kappa shape index (κ3) is 6.86. The fourth-order valence-corrected chi connectivity index (χ4v) is 8.85. The summed E-state index contributed by atoms with van der Waals surface area (Å²) < 4.78 is 10.6. The summed E-state index contributed by atoms with van der Waals surface area (Å²) in [4.78, 5) is 81.0. The highest BCUT2D eigenvalue weighted by molar-refractivity contribution is 6.10. The van der Waals surface area contributed by atoms with Crippen molar-refractivity contribution in [2.24, 2.45) is 11.8 Å². The first-order valence-electron chi connectivity index (χ1n) is 18.4. The Balaban J connectivity index is 1.23. The quantitative estimate of drug-likeness (QED) is 0.126. The molecule has 0 bridgehead atoms. The van der Waals surface area contributed by atoms with E-state index in [4.69, 9.17) is 9.47 Å². The van der Waals surface area contributed by atoms with Crippen LogP contribution in [0.1, 0.15) is 121 Å². The lowest BCUT2D eigenvalue weighted by Gasteiger charge is -2.56. The molecule has 0 aliphatic carbocycles. The Hall–Kier alpha value is -3.26. The van der Waals surface area contributed by atoms with Crippen LogP contribution in [0.3, 0.4) is 0 Å². The summed E-state index contributed by atoms with van der Waals surface area (Å²) in [5.41, 5.74) is -3.80. The van der Waals surface area contributed by atoms with Gasteiger partial charge in [-0.05, 0) is 79.1 Å². The molecule has 4 fully saturated rings. The molecular weight excluding hydrogens is 644 g/mol. The molecule has 2 spiro atoms. The molecule has 0 aromatic rings. The molecule has 0 aromatic carbocycles. The number of nitrogens with zero attached hydrogens (tertiary/aromatic N) is 2. The standard InChI is InChI=1S/C36H60N6O8/c1-11-31(7)21-35(23(5)33(9,13-3)39-31)27(45)41(29(47)37-35)19-25(43)49-17-15-16-18-50-26(44)20-42-28(46)36(38-30(42)48)22-32(8,12-2)40-34(10,14-4)24(36)6/h23-24,39-40H,11-22H2,1-10H3,(H,37,47)(H,38,48). The third-order valence-corrected chi connectivity index (χ3v) is 13.0. The zero-order valence-corrected chi connectivity index (χ0v) is 31.8. The molecule has 14 heteroatoms. The fraction of sp³-hybridized carbons (Fsp3) is 0.833. The maximum atomic E-state index is 13.8. The first kappa shape index (κ1) is 39.5. The van der Waals surface area contributed by atoms with Gasteiger partial charge in [-0.3, -0.25) is 29.0 Å². The number of carbonyl (C=O) groups is 6. The van der Waals surface area contributed by atoms with Crippen LogP contribution in [0, 0.1) is 11.8 Å². The smallest absolute Gasteiger partial charge is 0.326 e. The van der Waals surface area contributed by atoms with Gasteiger partial charge in [0.15, 0.2) is 0 Å². The third-order valence-electron chi connectivity index (χ3n) is 13.0. The molecule has 4 heterocycles. The van der Waals surface area contributed by atoms with Crippen molar-refractivity contribution in [2.75, 3.05) is 26.3 Å². The molecule has 4 saturated heterocycles. The molecule has 0 aromatic heterocycles. The topological polar surface area (TPSA) is 175 Å². The lowest BCUT2D eigenvalue weighted by atomic mass is 9.61. The molecule has 4 aliphatic heterocycles. The maximum absolute atomic E-state index is 13.8. The number of hydrogen-bond donors (Lipinski definition) is 4. The van der Waals surface area contributed by atoms with Gasteiger partial charge in [0.2, 0.25) is 0 Å². The van der Waals surface area contributed by atoms with Gasteiger partial charge in [-0.25, -0.2) is 9.59 Å². The molecule has 282 valence electrons. The molecule has 4 rings (SSSR count). The van der Waals surface area contributed by atoms with Crippen molar-refractivity contribution >= 4 is 35.8 Å². The lowest BCUT2D eigenvalue weighted by Crippen LogP contribution is -2.74. The summed E-state index contributed by atoms with van der Waals surface area (Å²) in [6.07, 6.45) is 4.57. The maximum Gasteiger partial charge on any atom is 0.326 e. The number of ether oxygens (including phenoxy) is 2. The highest BCUT2D eigenvalue weighted by Gasteiger charge is 2.65. The Morgan fingerprint density at radius 2 is 0.980 bits per heavy atom. The van der Waals surface area contributed by atoms with Crippen LogP contribution in [0.5, 0.6) is 0 Å². The number of imide groups is 2. The van der Waals surface area contributed by atoms with Gasteiger partial charge in [-0.1, -0.05) is 41.5 Å². The molecule has 14 nitrogen and oxygen atoms in total. The SMILES string of the molecule is CCC1(C)CC2(NC(=O)N(CC(=O)OCCCCOC(=O)CN3C(=O)NC4(CC(C)(CC)NC(C)(CC)C4C)C3=O)C2=O)C(C)C(C)(CC)N1. The van der Waals surface area contributed by atoms with Crippen LogP contribution in [0.4, 0.5) is 9.59 Å². The summed E-state index contributed by atoms with van der Waals surface area (Å²) >= 11 is 0. The number of carbonyl (C=O) groups excluding carboxylic acids is 6. The molecule has 50 heavy (non-hydrogen) atoms. The van der Waals surface area contributed by atoms with E-state index in [1.54, 1.807) is 0 Å². The van der Waals surface area contributed by atoms with Crippen LogP contribution in [-0.4, -0.2) is 105 Å². The predicted molar refractivity (Wildman–Crippen MR) is 186 cm³/mol. The Morgan fingerprint density at radius 1 is 0.640 bits per heavy atom. The predicted octanol–water partition coefficient (Wildman–Crippen LogP) is 3.37. The van der Waals surface area contributed by atoms with Crippen LogP contribution in [0.2, 0.25) is 0 Å². The van der Waals surface area contributed by atoms with Crippen LogP contribution in [0.25, 0.3) is 0 Å². The monoisotopic (exact) mass is 704 g/mol. The van der Waals surface area contributed by atoms with Crippen LogP contribution < -0.4 is 21.3 Å². The number of hydrogen-bond acceptors (Lipinski definition) is 10. The number of amides is 6. The van der Waals surface area contributed by atoms with Crippen LogP contribution in [-0.2, 0) is 28.7 Å². The molecule has 0 radical (unpaired) electrons. The Bertz CT molecular complexity index is 1290. The second-order valence-electron chi connectivity index (χ2n) is 16.2. The van der Waals surface area contributed by atoms with Crippen molar-refractivity contribution in [3.8, 4) is 0 Å². The first-order chi connectivity index (χ1) is 23.2. The van der Waals surface area contributed by atoms with E-state index in [9.17, 15) is 28.8 Å². The summed E-state index contributed by atoms with van der Waals surface area (Å²) in [5.74, 6) is -2.69. The Kier molecular flexibility index (Phi) is 11.1. The van der Waals surface area contributed by atoms with Gasteiger partial charge in [0, 0.05) is 34.0 Å². The largest absolute Gasteiger partial charge is 0.464 e. The van der Waals surface area contributed by atoms with E-state index in [-0.39, 0.29) is 36.1 Å². The average Bonchev–Trinajstić information content (AvgIpc) is 3.43. The van der Waals surface area contributed by atoms with Gasteiger partial charge >= 0.3 is 24.0 Å². The minimum Gasteiger partial charge on any atom is -0.464 e. The van der Waals surface area contributed by atoms with Crippen molar-refractivity contribution < 1.29 is 38.2 Å². The van der Waals surface area contributed by atoms with Crippen molar-refractivity contribution in [1.29, 1.82) is 0 Å². The lowest BCUT2D eigenvalue weighted by molar-refractivity contribution is -0.150. The minimum atomic E-state index is -1.12. The molecule has 4 aliphatic rings. The van der Waals surface area contributed by atoms with Crippen LogP contribution in [0.15, 0.2) is 0 Å². The van der Waals surface area contributed by atoms with E-state index < -0.39 is 71.1 Å². The number of esters is 2. The van der Waals surface area contributed by atoms with Gasteiger partial charge in [0.05, 0.1) is 13.2 Å². The number of urea groups is 2. The summed E-state index contributed by atoms with van der Waals surface area (Å²) in [6.45, 7) is 19.4. The zero-order valence-electron chi connectivity index (χ0n) is 31.8. The fourth-order valence-electron chi connectivity index (χ4n) is 8.85. The first-order valence-corrected chi connectivity index (χ1v) is 18.4. The van der Waals surface area contributed by atoms with Crippen molar-refractivity contribution in [3.63, 3.8) is 0 Å². The molecular formula is C36H60N6O8. The number of nitrogens with one attached hydrogen (secondary N) is 4. The van der Waals surface area contributed by atoms with Crippen molar-refractivity contribution in [2.45, 2.75) is 154 Å². The average molecular weight is 705 g/mol. The summed E-state index contributed by atoms with van der Waals surface area (Å²) in [7, 11) is 0. The molecule has 4 N–H and O–H groups in total. The van der Waals surface area contributed by atoms with Crippen molar-refractivity contribution in [1.82, 2.24) is 31.1 Å². The Labute approximate surface area is 296 Å². The number of unbranched alkanes of at least 4 members (excludes halogenated alkanes) is 1. The number of rotatable bonds is 13. The second-order valence-corrected chi connectivity index (χ2v) is 16.2. The van der Waals surface area contributed by atoms with E-state index in [2.05, 4.69) is 62.8 Å². The van der Waals surface area contributed by atoms with E-state index in [0.717, 1.165) is 35.5 Å². The minimum absolute atomic E-state index is 0.00115. The van der Waals surface area contributed by atoms with Gasteiger partial charge < -0.3 is 30.7 Å². The molecule has 8 atom stereocenters. The second kappa shape index (κ2) is 14.0. The highest BCUT2D eigenvalue weighted by Crippen LogP contribution is 2.47. The Morgan fingerprint density at radius 3 is 1.28 bits per heavy atom. The van der Waals surface area contributed by atoms with Gasteiger partial charge in [0.1, 0.15) is 24.2 Å². The zero-order chi connectivity index (χ0) is 37.5. The van der Waals surface area contributed by atoms with Crippen LogP contribution >= 0.6 is 0 Å². The normalized spacial score (nSPS) is 38.5. The van der Waals surface area contributed by atoms with Gasteiger partial charge in [-0.2, -0.15) is 0 Å². The molecule has 0 saturated carbocycles. The van der Waals surface area contributed by atoms with E-state index in [1.807, 2.05) is 27.7 Å². The molecule has 8 unspecified atom stereocenters. The van der Waals surface area contributed by atoms with Gasteiger partial charge in [-0.15, -0.1) is 0 Å². The molecule has 6 amide bonds. The van der Waals surface area contributed by atoms with E-state index in [0.29, 0.717) is 25.7 Å². The van der Waals surface area contributed by atoms with Crippen molar-refractivity contribution in [3.05, 3.63) is 0 Å².